The fraction of sp³-hybridized carbons (Fsp3) is 0.0625. The minimum atomic E-state index is -0.0854. The van der Waals surface area contributed by atoms with E-state index in [1.807, 2.05) is 36.4 Å². The minimum Gasteiger partial charge on any atom is -0.443 e. The highest BCUT2D eigenvalue weighted by Crippen LogP contribution is 2.18. The molecule has 6 nitrogen and oxygen atoms in total. The van der Waals surface area contributed by atoms with Crippen molar-refractivity contribution in [3.63, 3.8) is 0 Å². The van der Waals surface area contributed by atoms with Crippen LogP contribution in [0.25, 0.3) is 22.0 Å². The quantitative estimate of drug-likeness (QED) is 0.608. The number of aromatic amines is 1. The number of fused-ring (bicyclic) bond motifs is 2. The lowest BCUT2D eigenvalue weighted by Gasteiger charge is -2.05. The molecular weight excluding hydrogens is 280 g/mol. The highest BCUT2D eigenvalue weighted by molar-refractivity contribution is 5.94. The summed E-state index contributed by atoms with van der Waals surface area (Å²) in [5.74, 6) is -0.0854. The van der Waals surface area contributed by atoms with Crippen LogP contribution in [-0.4, -0.2) is 21.1 Å². The van der Waals surface area contributed by atoms with E-state index < -0.39 is 0 Å². The minimum absolute atomic E-state index is 0.0854. The van der Waals surface area contributed by atoms with Gasteiger partial charge in [0, 0.05) is 11.1 Å². The lowest BCUT2D eigenvalue weighted by molar-refractivity contribution is -0.115. The number of aromatic nitrogens is 3. The molecule has 4 rings (SSSR count). The van der Waals surface area contributed by atoms with Crippen LogP contribution in [0.5, 0.6) is 0 Å². The summed E-state index contributed by atoms with van der Waals surface area (Å²) < 4.78 is 5.24. The summed E-state index contributed by atoms with van der Waals surface area (Å²) in [5, 5.41) is 10.7. The molecule has 0 aliphatic heterocycles. The molecule has 0 atom stereocenters. The summed E-state index contributed by atoms with van der Waals surface area (Å²) in [7, 11) is 0. The lowest BCUT2D eigenvalue weighted by Crippen LogP contribution is -2.14. The molecule has 2 heterocycles. The van der Waals surface area contributed by atoms with Crippen molar-refractivity contribution in [1.82, 2.24) is 15.2 Å². The zero-order chi connectivity index (χ0) is 14.9. The van der Waals surface area contributed by atoms with E-state index in [9.17, 15) is 4.79 Å². The molecule has 0 aliphatic carbocycles. The number of H-pyrrole nitrogens is 1. The molecule has 1 amide bonds. The number of oxazole rings is 1. The second-order valence-corrected chi connectivity index (χ2v) is 5.05. The van der Waals surface area contributed by atoms with Crippen molar-refractivity contribution in [2.45, 2.75) is 6.42 Å². The molecular formula is C16H12N4O2. The number of nitrogens with one attached hydrogen (secondary N) is 2. The summed E-state index contributed by atoms with van der Waals surface area (Å²) in [6.45, 7) is 0. The van der Waals surface area contributed by atoms with Gasteiger partial charge in [-0.15, -0.1) is 0 Å². The van der Waals surface area contributed by atoms with Crippen molar-refractivity contribution < 1.29 is 9.21 Å². The van der Waals surface area contributed by atoms with Crippen molar-refractivity contribution in [3.8, 4) is 0 Å². The molecule has 0 bridgehead atoms. The van der Waals surface area contributed by atoms with Crippen LogP contribution in [0.2, 0.25) is 0 Å². The Morgan fingerprint density at radius 1 is 1.23 bits per heavy atom. The van der Waals surface area contributed by atoms with Crippen LogP contribution < -0.4 is 5.32 Å². The van der Waals surface area contributed by atoms with Gasteiger partial charge in [0.2, 0.25) is 5.91 Å². The number of rotatable bonds is 3. The van der Waals surface area contributed by atoms with E-state index in [4.69, 9.17) is 4.42 Å². The summed E-state index contributed by atoms with van der Waals surface area (Å²) >= 11 is 0. The van der Waals surface area contributed by atoms with Gasteiger partial charge < -0.3 is 9.73 Å². The highest BCUT2D eigenvalue weighted by Gasteiger charge is 2.07. The van der Waals surface area contributed by atoms with Gasteiger partial charge in [0.15, 0.2) is 12.0 Å². The largest absolute Gasteiger partial charge is 0.443 e. The number of benzene rings is 2. The van der Waals surface area contributed by atoms with Gasteiger partial charge in [-0.2, -0.15) is 5.10 Å². The topological polar surface area (TPSA) is 83.8 Å². The summed E-state index contributed by atoms with van der Waals surface area (Å²) in [4.78, 5) is 16.2. The van der Waals surface area contributed by atoms with Gasteiger partial charge in [-0.1, -0.05) is 6.07 Å². The standard InChI is InChI=1S/C16H12N4O2/c21-16(6-10-1-4-13-15(5-10)22-9-17-13)19-12-3-2-11-8-18-20-14(11)7-12/h1-5,7-9H,6H2,(H,18,20)(H,19,21). The Bertz CT molecular complexity index is 892. The summed E-state index contributed by atoms with van der Waals surface area (Å²) in [6, 6.07) is 11.2. The second-order valence-electron chi connectivity index (χ2n) is 5.05. The van der Waals surface area contributed by atoms with Crippen molar-refractivity contribution in [2.24, 2.45) is 0 Å². The Kier molecular flexibility index (Phi) is 2.86. The van der Waals surface area contributed by atoms with E-state index in [0.717, 1.165) is 27.7 Å². The van der Waals surface area contributed by atoms with Crippen LogP contribution in [0.3, 0.4) is 0 Å². The molecule has 2 aromatic carbocycles. The third-order valence-corrected chi connectivity index (χ3v) is 3.49. The van der Waals surface area contributed by atoms with Crippen molar-refractivity contribution in [3.05, 3.63) is 54.6 Å². The third-order valence-electron chi connectivity index (χ3n) is 3.49. The fourth-order valence-corrected chi connectivity index (χ4v) is 2.41. The maximum absolute atomic E-state index is 12.1. The first-order chi connectivity index (χ1) is 10.8. The fourth-order valence-electron chi connectivity index (χ4n) is 2.41. The normalized spacial score (nSPS) is 11.1. The lowest BCUT2D eigenvalue weighted by atomic mass is 10.1. The summed E-state index contributed by atoms with van der Waals surface area (Å²) in [5.41, 5.74) is 3.98. The molecule has 0 radical (unpaired) electrons. The molecule has 2 N–H and O–H groups in total. The smallest absolute Gasteiger partial charge is 0.228 e. The SMILES string of the molecule is O=C(Cc1ccc2ncoc2c1)Nc1ccc2cn[nH]c2c1. The van der Waals surface area contributed by atoms with Gasteiger partial charge in [0.1, 0.15) is 5.52 Å². The average molecular weight is 292 g/mol. The van der Waals surface area contributed by atoms with Gasteiger partial charge in [0.05, 0.1) is 18.1 Å². The van der Waals surface area contributed by atoms with Crippen LogP contribution in [0.15, 0.2) is 53.4 Å². The van der Waals surface area contributed by atoms with Crippen LogP contribution >= 0.6 is 0 Å². The zero-order valence-electron chi connectivity index (χ0n) is 11.5. The van der Waals surface area contributed by atoms with E-state index in [1.54, 1.807) is 6.20 Å². The number of amides is 1. The highest BCUT2D eigenvalue weighted by atomic mass is 16.3. The van der Waals surface area contributed by atoms with Crippen molar-refractivity contribution in [1.29, 1.82) is 0 Å². The Hall–Kier alpha value is -3.15. The van der Waals surface area contributed by atoms with Crippen molar-refractivity contribution >= 4 is 33.6 Å². The van der Waals surface area contributed by atoms with Crippen molar-refractivity contribution in [2.75, 3.05) is 5.32 Å². The maximum atomic E-state index is 12.1. The molecule has 0 saturated heterocycles. The molecule has 0 saturated carbocycles. The Morgan fingerprint density at radius 2 is 2.18 bits per heavy atom. The third kappa shape index (κ3) is 2.31. The number of carbonyl (C=O) groups is 1. The first-order valence-corrected chi connectivity index (χ1v) is 6.83. The van der Waals surface area contributed by atoms with E-state index in [0.29, 0.717) is 5.58 Å². The summed E-state index contributed by atoms with van der Waals surface area (Å²) in [6.07, 6.45) is 3.42. The van der Waals surface area contributed by atoms with Crippen LogP contribution in [0, 0.1) is 0 Å². The van der Waals surface area contributed by atoms with Crippen LogP contribution in [-0.2, 0) is 11.2 Å². The first kappa shape index (κ1) is 12.6. The van der Waals surface area contributed by atoms with Gasteiger partial charge >= 0.3 is 0 Å². The van der Waals surface area contributed by atoms with E-state index in [-0.39, 0.29) is 12.3 Å². The Labute approximate surface area is 125 Å². The number of hydrogen-bond donors (Lipinski definition) is 2. The van der Waals surface area contributed by atoms with E-state index in [2.05, 4.69) is 20.5 Å². The number of anilines is 1. The van der Waals surface area contributed by atoms with Gasteiger partial charge in [-0.05, 0) is 35.9 Å². The zero-order valence-corrected chi connectivity index (χ0v) is 11.5. The van der Waals surface area contributed by atoms with Crippen LogP contribution in [0.4, 0.5) is 5.69 Å². The number of nitrogens with zero attached hydrogens (tertiary/aromatic N) is 2. The average Bonchev–Trinajstić information content (AvgIpc) is 3.14. The molecule has 4 aromatic rings. The molecule has 2 aromatic heterocycles. The molecule has 108 valence electrons. The van der Waals surface area contributed by atoms with E-state index >= 15 is 0 Å². The molecule has 22 heavy (non-hydrogen) atoms. The van der Waals surface area contributed by atoms with E-state index in [1.165, 1.54) is 6.39 Å². The second kappa shape index (κ2) is 5.00. The van der Waals surface area contributed by atoms with Crippen LogP contribution in [0.1, 0.15) is 5.56 Å². The molecule has 0 spiro atoms. The predicted octanol–water partition coefficient (Wildman–Crippen LogP) is 2.89. The monoisotopic (exact) mass is 292 g/mol. The molecule has 6 heteroatoms. The van der Waals surface area contributed by atoms with Gasteiger partial charge in [0.25, 0.3) is 0 Å². The van der Waals surface area contributed by atoms with Gasteiger partial charge in [-0.25, -0.2) is 4.98 Å². The molecule has 0 aliphatic rings. The molecule has 0 fully saturated rings. The number of carbonyl (C=O) groups excluding carboxylic acids is 1. The Morgan fingerprint density at radius 3 is 3.14 bits per heavy atom. The maximum Gasteiger partial charge on any atom is 0.228 e. The Balaban J connectivity index is 1.51. The first-order valence-electron chi connectivity index (χ1n) is 6.83. The predicted molar refractivity (Wildman–Crippen MR) is 82.4 cm³/mol. The van der Waals surface area contributed by atoms with Gasteiger partial charge in [-0.3, -0.25) is 9.89 Å². The molecule has 0 unspecified atom stereocenters. The number of hydrogen-bond acceptors (Lipinski definition) is 4.